The van der Waals surface area contributed by atoms with E-state index in [1.807, 2.05) is 6.07 Å². The number of rotatable bonds is 5. The van der Waals surface area contributed by atoms with Gasteiger partial charge in [0, 0.05) is 31.5 Å². The normalized spacial score (nSPS) is 29.1. The van der Waals surface area contributed by atoms with E-state index in [0.717, 1.165) is 25.7 Å². The Balaban J connectivity index is 1.80. The first-order valence-corrected chi connectivity index (χ1v) is 9.90. The number of halogens is 1. The summed E-state index contributed by atoms with van der Waals surface area (Å²) in [7, 11) is 3.46. The lowest BCUT2D eigenvalue weighted by Gasteiger charge is -2.52. The zero-order valence-electron chi connectivity index (χ0n) is 16.1. The number of hydrogen-bond acceptors (Lipinski definition) is 3. The molecule has 5 heteroatoms. The summed E-state index contributed by atoms with van der Waals surface area (Å²) in [6, 6.07) is 9.42. The molecule has 27 heavy (non-hydrogen) atoms. The number of nitrogens with zero attached hydrogens (tertiary/aromatic N) is 1. The van der Waals surface area contributed by atoms with Crippen molar-refractivity contribution in [1.29, 1.82) is 0 Å². The van der Waals surface area contributed by atoms with Gasteiger partial charge in [-0.2, -0.15) is 0 Å². The summed E-state index contributed by atoms with van der Waals surface area (Å²) in [6.07, 6.45) is 4.89. The van der Waals surface area contributed by atoms with E-state index >= 15 is 0 Å². The van der Waals surface area contributed by atoms with Gasteiger partial charge < -0.3 is 14.7 Å². The number of aryl methyl sites for hydroxylation is 1. The molecular weight excluding hydrogens is 362 g/mol. The third kappa shape index (κ3) is 4.16. The zero-order chi connectivity index (χ0) is 19.5. The van der Waals surface area contributed by atoms with Crippen molar-refractivity contribution in [2.24, 2.45) is 5.92 Å². The van der Waals surface area contributed by atoms with E-state index < -0.39 is 5.60 Å². The Bertz CT molecular complexity index is 753. The van der Waals surface area contributed by atoms with Crippen LogP contribution in [0, 0.1) is 23.3 Å². The van der Waals surface area contributed by atoms with E-state index in [0.29, 0.717) is 25.4 Å². The maximum Gasteiger partial charge on any atom is 0.248 e. The van der Waals surface area contributed by atoms with Crippen LogP contribution in [0.25, 0.3) is 0 Å². The topological polar surface area (TPSA) is 49.8 Å². The minimum atomic E-state index is -1.00. The maximum absolute atomic E-state index is 11.8. The molecule has 0 aromatic heterocycles. The molecule has 3 unspecified atom stereocenters. The number of likely N-dealkylation sites (N-methyl/N-ethyl adjacent to an activating group) is 1. The SMILES string of the molecule is CN(C)C(=O)COCCC12CCC(O)(C#CCl)CC1CCc1c[c]ccc12. The number of carbonyl (C=O) groups is 1. The van der Waals surface area contributed by atoms with Gasteiger partial charge in [-0.25, -0.2) is 0 Å². The molecule has 1 aromatic carbocycles. The van der Waals surface area contributed by atoms with Crippen LogP contribution in [-0.4, -0.2) is 48.8 Å². The van der Waals surface area contributed by atoms with Crippen molar-refractivity contribution in [3.63, 3.8) is 0 Å². The molecule has 0 bridgehead atoms. The summed E-state index contributed by atoms with van der Waals surface area (Å²) in [6.45, 7) is 0.624. The Labute approximate surface area is 166 Å². The van der Waals surface area contributed by atoms with Crippen LogP contribution in [0.2, 0.25) is 0 Å². The van der Waals surface area contributed by atoms with E-state index in [4.69, 9.17) is 16.3 Å². The summed E-state index contributed by atoms with van der Waals surface area (Å²) >= 11 is 5.59. The summed E-state index contributed by atoms with van der Waals surface area (Å²) in [4.78, 5) is 13.3. The largest absolute Gasteiger partial charge is 0.378 e. The van der Waals surface area contributed by atoms with Crippen LogP contribution < -0.4 is 0 Å². The van der Waals surface area contributed by atoms with Crippen molar-refractivity contribution in [2.45, 2.75) is 49.5 Å². The molecule has 4 nitrogen and oxygen atoms in total. The standard InChI is InChI=1S/C22H27ClNO3/c1-24(2)20(25)16-27-14-12-22-10-9-21(26,11-13-23)15-18(22)8-7-17-5-3-4-6-19(17)22/h4-6,18,26H,7-10,12,14-16H2,1-2H3. The van der Waals surface area contributed by atoms with Crippen molar-refractivity contribution in [3.8, 4) is 11.3 Å². The van der Waals surface area contributed by atoms with Crippen LogP contribution >= 0.6 is 11.6 Å². The minimum Gasteiger partial charge on any atom is -0.378 e. The Morgan fingerprint density at radius 3 is 3.04 bits per heavy atom. The number of benzene rings is 1. The van der Waals surface area contributed by atoms with Crippen LogP contribution in [0.3, 0.4) is 0 Å². The Morgan fingerprint density at radius 1 is 1.48 bits per heavy atom. The van der Waals surface area contributed by atoms with Crippen LogP contribution in [0.1, 0.15) is 43.2 Å². The van der Waals surface area contributed by atoms with Gasteiger partial charge in [-0.3, -0.25) is 4.79 Å². The summed E-state index contributed by atoms with van der Waals surface area (Å²) in [5.74, 6) is 3.10. The molecule has 0 spiro atoms. The first-order chi connectivity index (χ1) is 12.9. The highest BCUT2D eigenvalue weighted by molar-refractivity contribution is 6.30. The second-order valence-electron chi connectivity index (χ2n) is 8.02. The lowest BCUT2D eigenvalue weighted by Crippen LogP contribution is -2.50. The van der Waals surface area contributed by atoms with Gasteiger partial charge in [0.15, 0.2) is 0 Å². The lowest BCUT2D eigenvalue weighted by atomic mass is 9.53. The van der Waals surface area contributed by atoms with Crippen molar-refractivity contribution in [1.82, 2.24) is 4.90 Å². The third-order valence-electron chi connectivity index (χ3n) is 6.30. The number of fused-ring (bicyclic) bond motifs is 3. The van der Waals surface area contributed by atoms with E-state index in [9.17, 15) is 9.90 Å². The third-order valence-corrected chi connectivity index (χ3v) is 6.39. The van der Waals surface area contributed by atoms with Gasteiger partial charge in [0.1, 0.15) is 12.2 Å². The Morgan fingerprint density at radius 2 is 2.30 bits per heavy atom. The number of hydrogen-bond donors (Lipinski definition) is 1. The van der Waals surface area contributed by atoms with E-state index in [1.54, 1.807) is 19.0 Å². The maximum atomic E-state index is 11.8. The van der Waals surface area contributed by atoms with Crippen molar-refractivity contribution in [3.05, 3.63) is 35.4 Å². The average molecular weight is 389 g/mol. The Hall–Kier alpha value is -1.54. The molecule has 1 fully saturated rings. The molecular formula is C22H27ClNO3. The fraction of sp³-hybridized carbons (Fsp3) is 0.591. The molecule has 0 heterocycles. The lowest BCUT2D eigenvalue weighted by molar-refractivity contribution is -0.133. The fourth-order valence-corrected chi connectivity index (χ4v) is 4.94. The van der Waals surface area contributed by atoms with Crippen molar-refractivity contribution >= 4 is 17.5 Å². The number of carbonyl (C=O) groups excluding carboxylic acids is 1. The second kappa shape index (κ2) is 8.22. The molecule has 0 aliphatic heterocycles. The van der Waals surface area contributed by atoms with Gasteiger partial charge >= 0.3 is 0 Å². The zero-order valence-corrected chi connectivity index (χ0v) is 16.8. The number of aliphatic hydroxyl groups is 1. The fourth-order valence-electron chi connectivity index (χ4n) is 4.77. The molecule has 2 aliphatic rings. The molecule has 1 saturated carbocycles. The van der Waals surface area contributed by atoms with Crippen LogP contribution in [-0.2, 0) is 21.4 Å². The second-order valence-corrected chi connectivity index (χ2v) is 8.21. The molecule has 145 valence electrons. The number of ether oxygens (including phenoxy) is 1. The van der Waals surface area contributed by atoms with Gasteiger partial charge in [-0.05, 0) is 73.2 Å². The van der Waals surface area contributed by atoms with Gasteiger partial charge in [-0.15, -0.1) is 0 Å². The predicted octanol–water partition coefficient (Wildman–Crippen LogP) is 2.90. The van der Waals surface area contributed by atoms with Gasteiger partial charge in [0.2, 0.25) is 5.91 Å². The number of amides is 1. The first-order valence-electron chi connectivity index (χ1n) is 9.53. The average Bonchev–Trinajstić information content (AvgIpc) is 2.65. The van der Waals surface area contributed by atoms with E-state index in [2.05, 4.69) is 29.5 Å². The Kier molecular flexibility index (Phi) is 6.15. The first kappa shape index (κ1) is 20.2. The molecule has 0 saturated heterocycles. The molecule has 1 N–H and O–H groups in total. The molecule has 1 radical (unpaired) electrons. The molecule has 1 aromatic rings. The highest BCUT2D eigenvalue weighted by atomic mass is 35.5. The van der Waals surface area contributed by atoms with Crippen LogP contribution in [0.5, 0.6) is 0 Å². The minimum absolute atomic E-state index is 0.0295. The van der Waals surface area contributed by atoms with Crippen molar-refractivity contribution in [2.75, 3.05) is 27.3 Å². The molecule has 3 rings (SSSR count). The molecule has 1 amide bonds. The molecule has 2 aliphatic carbocycles. The monoisotopic (exact) mass is 388 g/mol. The van der Waals surface area contributed by atoms with E-state index in [-0.39, 0.29) is 17.9 Å². The summed E-state index contributed by atoms with van der Waals surface area (Å²) in [5.41, 5.74) is 1.63. The highest BCUT2D eigenvalue weighted by Gasteiger charge is 2.50. The van der Waals surface area contributed by atoms with Crippen molar-refractivity contribution < 1.29 is 14.6 Å². The van der Waals surface area contributed by atoms with E-state index in [1.165, 1.54) is 11.1 Å². The molecule has 3 atom stereocenters. The van der Waals surface area contributed by atoms with Gasteiger partial charge in [0.05, 0.1) is 0 Å². The van der Waals surface area contributed by atoms with Crippen LogP contribution in [0.4, 0.5) is 0 Å². The summed E-state index contributed by atoms with van der Waals surface area (Å²) < 4.78 is 5.71. The smallest absolute Gasteiger partial charge is 0.248 e. The van der Waals surface area contributed by atoms with Gasteiger partial charge in [-0.1, -0.05) is 24.1 Å². The predicted molar refractivity (Wildman–Crippen MR) is 105 cm³/mol. The summed E-state index contributed by atoms with van der Waals surface area (Å²) in [5, 5.41) is 13.2. The van der Waals surface area contributed by atoms with Gasteiger partial charge in [0.25, 0.3) is 0 Å². The quantitative estimate of drug-likeness (QED) is 0.623. The van der Waals surface area contributed by atoms with Crippen LogP contribution in [0.15, 0.2) is 18.2 Å². The highest BCUT2D eigenvalue weighted by Crippen LogP contribution is 2.54.